The molecule has 0 saturated heterocycles. The molecule has 3 N–H and O–H groups in total. The molecule has 34 heavy (non-hydrogen) atoms. The highest BCUT2D eigenvalue weighted by Gasteiger charge is 2.32. The molecule has 2 atom stereocenters. The Morgan fingerprint density at radius 3 is 1.71 bits per heavy atom. The monoisotopic (exact) mass is 488 g/mol. The minimum Gasteiger partial charge on any atom is -0.460 e. The first-order valence-corrected chi connectivity index (χ1v) is 11.7. The maximum atomic E-state index is 12.6. The second kappa shape index (κ2) is 13.5. The summed E-state index contributed by atoms with van der Waals surface area (Å²) >= 11 is 0. The fraction of sp³-hybridized carbons (Fsp3) is 0.833. The maximum Gasteiger partial charge on any atom is 0.408 e. The Morgan fingerprint density at radius 1 is 0.735 bits per heavy atom. The molecule has 0 aliphatic heterocycles. The molecule has 0 bridgehead atoms. The minimum atomic E-state index is -1.37. The Labute approximate surface area is 203 Å². The summed E-state index contributed by atoms with van der Waals surface area (Å²) in [4.78, 5) is 49.9. The maximum absolute atomic E-state index is 12.6. The van der Waals surface area contributed by atoms with Crippen LogP contribution < -0.4 is 11.1 Å². The second-order valence-corrected chi connectivity index (χ2v) is 11.1. The third-order valence-corrected chi connectivity index (χ3v) is 3.88. The van der Waals surface area contributed by atoms with Crippen molar-refractivity contribution in [3.05, 3.63) is 0 Å². The summed E-state index contributed by atoms with van der Waals surface area (Å²) < 4.78 is 21.3. The summed E-state index contributed by atoms with van der Waals surface area (Å²) in [6.45, 7) is 15.8. The standard InChI is InChI=1S/C24H44N2O8/c1-22(2,3)32-18(27)14-13-17(20(29)34-24(7,8)9)31-21(30)26-16(12-10-11-15-25)19(28)33-23(4,5)6/h16-17H,10-15,25H2,1-9H3,(H,26,30)/t16-,17-/m0/s1. The number of ether oxygens (including phenoxy) is 4. The van der Waals surface area contributed by atoms with E-state index in [-0.39, 0.29) is 19.3 Å². The first kappa shape index (κ1) is 31.6. The van der Waals surface area contributed by atoms with Crippen molar-refractivity contribution >= 4 is 24.0 Å². The van der Waals surface area contributed by atoms with Crippen LogP contribution in [0.3, 0.4) is 0 Å². The molecule has 0 aromatic rings. The molecule has 0 heterocycles. The molecule has 0 radical (unpaired) electrons. The SMILES string of the molecule is CC(C)(C)OC(=O)CC[C@H](OC(=O)N[C@@H](CCCCN)C(=O)OC(C)(C)C)C(=O)OC(C)(C)C. The molecular weight excluding hydrogens is 444 g/mol. The van der Waals surface area contributed by atoms with Gasteiger partial charge in [-0.2, -0.15) is 0 Å². The third-order valence-electron chi connectivity index (χ3n) is 3.88. The topological polar surface area (TPSA) is 143 Å². The van der Waals surface area contributed by atoms with E-state index >= 15 is 0 Å². The Bertz CT molecular complexity index is 687. The number of hydrogen-bond acceptors (Lipinski definition) is 9. The molecule has 0 spiro atoms. The normalized spacial score (nSPS) is 13.9. The molecule has 0 unspecified atom stereocenters. The molecule has 10 nitrogen and oxygen atoms in total. The largest absolute Gasteiger partial charge is 0.460 e. The zero-order valence-electron chi connectivity index (χ0n) is 22.2. The smallest absolute Gasteiger partial charge is 0.408 e. The highest BCUT2D eigenvalue weighted by molar-refractivity contribution is 5.84. The number of hydrogen-bond donors (Lipinski definition) is 2. The van der Waals surface area contributed by atoms with Gasteiger partial charge in [-0.15, -0.1) is 0 Å². The van der Waals surface area contributed by atoms with E-state index < -0.39 is 53.0 Å². The lowest BCUT2D eigenvalue weighted by molar-refractivity contribution is -0.166. The van der Waals surface area contributed by atoms with E-state index in [2.05, 4.69) is 5.32 Å². The zero-order valence-corrected chi connectivity index (χ0v) is 22.2. The van der Waals surface area contributed by atoms with Gasteiger partial charge in [0.15, 0.2) is 0 Å². The number of carbonyl (C=O) groups is 4. The molecule has 1 amide bonds. The van der Waals surface area contributed by atoms with Crippen molar-refractivity contribution in [1.82, 2.24) is 5.32 Å². The van der Waals surface area contributed by atoms with Crippen molar-refractivity contribution in [3.63, 3.8) is 0 Å². The number of amides is 1. The first-order chi connectivity index (χ1) is 15.3. The number of unbranched alkanes of at least 4 members (excludes halogenated alkanes) is 1. The Morgan fingerprint density at radius 2 is 1.24 bits per heavy atom. The van der Waals surface area contributed by atoms with Crippen molar-refractivity contribution in [2.75, 3.05) is 6.54 Å². The van der Waals surface area contributed by atoms with Gasteiger partial charge < -0.3 is 30.0 Å². The number of esters is 3. The van der Waals surface area contributed by atoms with Crippen LogP contribution in [-0.4, -0.2) is 59.5 Å². The van der Waals surface area contributed by atoms with Crippen LogP contribution in [0, 0.1) is 0 Å². The molecule has 0 aliphatic carbocycles. The average Bonchev–Trinajstić information content (AvgIpc) is 2.60. The fourth-order valence-corrected chi connectivity index (χ4v) is 2.65. The van der Waals surface area contributed by atoms with Gasteiger partial charge >= 0.3 is 24.0 Å². The van der Waals surface area contributed by atoms with Crippen LogP contribution in [0.2, 0.25) is 0 Å². The van der Waals surface area contributed by atoms with Gasteiger partial charge in [-0.05, 0) is 88.1 Å². The van der Waals surface area contributed by atoms with E-state index in [4.69, 9.17) is 24.7 Å². The highest BCUT2D eigenvalue weighted by Crippen LogP contribution is 2.16. The van der Waals surface area contributed by atoms with Crippen molar-refractivity contribution in [2.45, 2.75) is 123 Å². The summed E-state index contributed by atoms with van der Waals surface area (Å²) in [5.41, 5.74) is 3.25. The van der Waals surface area contributed by atoms with Crippen molar-refractivity contribution in [2.24, 2.45) is 5.73 Å². The lowest BCUT2D eigenvalue weighted by atomic mass is 10.1. The highest BCUT2D eigenvalue weighted by atomic mass is 16.6. The zero-order chi connectivity index (χ0) is 26.7. The van der Waals surface area contributed by atoms with E-state index in [0.29, 0.717) is 19.4 Å². The molecular formula is C24H44N2O8. The van der Waals surface area contributed by atoms with Gasteiger partial charge in [-0.3, -0.25) is 4.79 Å². The van der Waals surface area contributed by atoms with Crippen LogP contribution in [0.4, 0.5) is 4.79 Å². The molecule has 0 aromatic carbocycles. The number of carbonyl (C=O) groups excluding carboxylic acids is 4. The number of alkyl carbamates (subject to hydrolysis) is 1. The minimum absolute atomic E-state index is 0.137. The van der Waals surface area contributed by atoms with Gasteiger partial charge in [0, 0.05) is 12.8 Å². The second-order valence-electron chi connectivity index (χ2n) is 11.1. The summed E-state index contributed by atoms with van der Waals surface area (Å²) in [5, 5.41) is 2.47. The van der Waals surface area contributed by atoms with Gasteiger partial charge in [0.05, 0.1) is 0 Å². The molecule has 0 fully saturated rings. The van der Waals surface area contributed by atoms with Crippen LogP contribution in [0.5, 0.6) is 0 Å². The van der Waals surface area contributed by atoms with Crippen LogP contribution >= 0.6 is 0 Å². The number of nitrogens with two attached hydrogens (primary N) is 1. The van der Waals surface area contributed by atoms with Crippen LogP contribution in [0.1, 0.15) is 94.4 Å². The van der Waals surface area contributed by atoms with Gasteiger partial charge in [0.2, 0.25) is 6.10 Å². The van der Waals surface area contributed by atoms with Crippen LogP contribution in [0.25, 0.3) is 0 Å². The quantitative estimate of drug-likeness (QED) is 0.254. The molecule has 0 aliphatic rings. The van der Waals surface area contributed by atoms with E-state index in [1.165, 1.54) is 0 Å². The number of nitrogens with one attached hydrogen (secondary N) is 1. The van der Waals surface area contributed by atoms with Crippen molar-refractivity contribution < 1.29 is 38.1 Å². The van der Waals surface area contributed by atoms with Gasteiger partial charge in [0.1, 0.15) is 22.8 Å². The fourth-order valence-electron chi connectivity index (χ4n) is 2.65. The van der Waals surface area contributed by atoms with Crippen molar-refractivity contribution in [3.8, 4) is 0 Å². The van der Waals surface area contributed by atoms with E-state index in [0.717, 1.165) is 0 Å². The summed E-state index contributed by atoms with van der Waals surface area (Å²) in [5.74, 6) is -1.97. The van der Waals surface area contributed by atoms with Gasteiger partial charge in [-0.25, -0.2) is 14.4 Å². The summed E-state index contributed by atoms with van der Waals surface area (Å²) in [6, 6.07) is -0.983. The first-order valence-electron chi connectivity index (χ1n) is 11.7. The summed E-state index contributed by atoms with van der Waals surface area (Å²) in [6.07, 6.45) is -1.14. The van der Waals surface area contributed by atoms with Gasteiger partial charge in [0.25, 0.3) is 0 Å². The molecule has 0 rings (SSSR count). The Balaban J connectivity index is 5.37. The van der Waals surface area contributed by atoms with Crippen molar-refractivity contribution in [1.29, 1.82) is 0 Å². The van der Waals surface area contributed by atoms with E-state index in [1.807, 2.05) is 0 Å². The lowest BCUT2D eigenvalue weighted by Crippen LogP contribution is -2.46. The Kier molecular flexibility index (Phi) is 12.6. The van der Waals surface area contributed by atoms with E-state index in [1.54, 1.807) is 62.3 Å². The summed E-state index contributed by atoms with van der Waals surface area (Å²) in [7, 11) is 0. The third kappa shape index (κ3) is 16.3. The van der Waals surface area contributed by atoms with Crippen LogP contribution in [0.15, 0.2) is 0 Å². The number of rotatable bonds is 11. The predicted molar refractivity (Wildman–Crippen MR) is 127 cm³/mol. The molecule has 0 saturated carbocycles. The molecule has 10 heteroatoms. The molecule has 0 aromatic heterocycles. The lowest BCUT2D eigenvalue weighted by Gasteiger charge is -2.26. The molecule has 198 valence electrons. The Hall–Kier alpha value is -2.36. The van der Waals surface area contributed by atoms with Gasteiger partial charge in [-0.1, -0.05) is 0 Å². The average molecular weight is 489 g/mol. The predicted octanol–water partition coefficient (Wildman–Crippen LogP) is 3.38. The van der Waals surface area contributed by atoms with E-state index in [9.17, 15) is 19.2 Å². The van der Waals surface area contributed by atoms with Crippen LogP contribution in [-0.2, 0) is 33.3 Å².